The molecule has 0 aliphatic carbocycles. The molecule has 1 amide bonds. The summed E-state index contributed by atoms with van der Waals surface area (Å²) in [6, 6.07) is 6.88. The standard InChI is InChI=1S/C14H18N2O3/c1-14(2,3)15-13(18)12-8-10(16-19-12)9-6-4-5-7-11(9)17/h4-7,12,17H,8H2,1-3H3,(H,15,18)/t12-/m0/s1. The monoisotopic (exact) mass is 262 g/mol. The molecule has 1 aliphatic heterocycles. The largest absolute Gasteiger partial charge is 0.507 e. The Bertz CT molecular complexity index is 518. The van der Waals surface area contributed by atoms with E-state index in [-0.39, 0.29) is 17.2 Å². The van der Waals surface area contributed by atoms with E-state index in [1.54, 1.807) is 24.3 Å². The Hall–Kier alpha value is -2.04. The van der Waals surface area contributed by atoms with Gasteiger partial charge in [-0.2, -0.15) is 0 Å². The summed E-state index contributed by atoms with van der Waals surface area (Å²) < 4.78 is 0. The van der Waals surface area contributed by atoms with Gasteiger partial charge in [0.1, 0.15) is 5.75 Å². The Morgan fingerprint density at radius 1 is 1.42 bits per heavy atom. The molecule has 2 N–H and O–H groups in total. The average molecular weight is 262 g/mol. The van der Waals surface area contributed by atoms with Crippen LogP contribution in [0.5, 0.6) is 5.75 Å². The van der Waals surface area contributed by atoms with Crippen molar-refractivity contribution in [3.63, 3.8) is 0 Å². The number of amides is 1. The van der Waals surface area contributed by atoms with Crippen molar-refractivity contribution in [2.75, 3.05) is 0 Å². The third-order valence-corrected chi connectivity index (χ3v) is 2.67. The predicted octanol–water partition coefficient (Wildman–Crippen LogP) is 1.80. The lowest BCUT2D eigenvalue weighted by atomic mass is 10.0. The van der Waals surface area contributed by atoms with Crippen LogP contribution < -0.4 is 5.32 Å². The molecule has 5 heteroatoms. The first-order valence-corrected chi connectivity index (χ1v) is 6.20. The third-order valence-electron chi connectivity index (χ3n) is 2.67. The van der Waals surface area contributed by atoms with Crippen LogP contribution in [0.4, 0.5) is 0 Å². The fraction of sp³-hybridized carbons (Fsp3) is 0.429. The van der Waals surface area contributed by atoms with Crippen molar-refractivity contribution in [2.45, 2.75) is 38.8 Å². The minimum absolute atomic E-state index is 0.140. The first kappa shape index (κ1) is 13.4. The van der Waals surface area contributed by atoms with Crippen molar-refractivity contribution >= 4 is 11.6 Å². The van der Waals surface area contributed by atoms with Crippen LogP contribution in [-0.4, -0.2) is 28.4 Å². The van der Waals surface area contributed by atoms with Gasteiger partial charge in [0.05, 0.1) is 5.71 Å². The zero-order valence-electron chi connectivity index (χ0n) is 11.3. The molecule has 0 fully saturated rings. The number of oxime groups is 1. The van der Waals surface area contributed by atoms with E-state index < -0.39 is 6.10 Å². The molecule has 0 saturated heterocycles. The summed E-state index contributed by atoms with van der Waals surface area (Å²) in [5.41, 5.74) is 0.888. The number of benzene rings is 1. The SMILES string of the molecule is CC(C)(C)NC(=O)[C@@H]1CC(c2ccccc2O)=NO1. The van der Waals surface area contributed by atoms with E-state index in [4.69, 9.17) is 4.84 Å². The molecule has 1 aliphatic rings. The van der Waals surface area contributed by atoms with Crippen LogP contribution in [-0.2, 0) is 9.63 Å². The number of carbonyl (C=O) groups excluding carboxylic acids is 1. The zero-order chi connectivity index (χ0) is 14.0. The van der Waals surface area contributed by atoms with Crippen LogP contribution in [0, 0.1) is 0 Å². The number of aromatic hydroxyl groups is 1. The van der Waals surface area contributed by atoms with E-state index in [1.165, 1.54) is 0 Å². The number of para-hydroxylation sites is 1. The fourth-order valence-electron chi connectivity index (χ4n) is 1.84. The number of hydrogen-bond donors (Lipinski definition) is 2. The van der Waals surface area contributed by atoms with Gasteiger partial charge in [0.25, 0.3) is 5.91 Å². The maximum absolute atomic E-state index is 12.0. The maximum atomic E-state index is 12.0. The van der Waals surface area contributed by atoms with Crippen LogP contribution in [0.1, 0.15) is 32.8 Å². The van der Waals surface area contributed by atoms with Crippen molar-refractivity contribution in [1.29, 1.82) is 0 Å². The smallest absolute Gasteiger partial charge is 0.264 e. The summed E-state index contributed by atoms with van der Waals surface area (Å²) in [4.78, 5) is 17.1. The summed E-state index contributed by atoms with van der Waals surface area (Å²) in [7, 11) is 0. The molecule has 0 aromatic heterocycles. The second-order valence-corrected chi connectivity index (χ2v) is 5.59. The summed E-state index contributed by atoms with van der Waals surface area (Å²) in [5.74, 6) is -0.0524. The van der Waals surface area contributed by atoms with Crippen molar-refractivity contribution in [2.24, 2.45) is 5.16 Å². The van der Waals surface area contributed by atoms with Gasteiger partial charge < -0.3 is 15.3 Å². The number of nitrogens with zero attached hydrogens (tertiary/aromatic N) is 1. The molecular formula is C14H18N2O3. The van der Waals surface area contributed by atoms with E-state index in [2.05, 4.69) is 10.5 Å². The van der Waals surface area contributed by atoms with Crippen LogP contribution in [0.25, 0.3) is 0 Å². The van der Waals surface area contributed by atoms with Crippen molar-refractivity contribution in [3.8, 4) is 5.75 Å². The Balaban J connectivity index is 2.04. The van der Waals surface area contributed by atoms with Crippen molar-refractivity contribution in [1.82, 2.24) is 5.32 Å². The molecule has 1 aromatic rings. The number of phenols is 1. The highest BCUT2D eigenvalue weighted by Gasteiger charge is 2.31. The lowest BCUT2D eigenvalue weighted by molar-refractivity contribution is -0.132. The Kier molecular flexibility index (Phi) is 3.46. The van der Waals surface area contributed by atoms with Gasteiger partial charge in [0.2, 0.25) is 6.10 Å². The fourth-order valence-corrected chi connectivity index (χ4v) is 1.84. The second-order valence-electron chi connectivity index (χ2n) is 5.59. The molecule has 102 valence electrons. The van der Waals surface area contributed by atoms with Crippen LogP contribution >= 0.6 is 0 Å². The van der Waals surface area contributed by atoms with Gasteiger partial charge in [0, 0.05) is 17.5 Å². The van der Waals surface area contributed by atoms with E-state index in [9.17, 15) is 9.90 Å². The van der Waals surface area contributed by atoms with Gasteiger partial charge in [-0.25, -0.2) is 0 Å². The number of phenolic OH excluding ortho intramolecular Hbond substituents is 1. The number of carbonyl (C=O) groups is 1. The van der Waals surface area contributed by atoms with Gasteiger partial charge in [0.15, 0.2) is 0 Å². The minimum Gasteiger partial charge on any atom is -0.507 e. The molecule has 2 rings (SSSR count). The van der Waals surface area contributed by atoms with Gasteiger partial charge in [-0.05, 0) is 32.9 Å². The zero-order valence-corrected chi connectivity index (χ0v) is 11.3. The molecule has 1 aromatic carbocycles. The molecule has 0 spiro atoms. The predicted molar refractivity (Wildman–Crippen MR) is 72.0 cm³/mol. The first-order valence-electron chi connectivity index (χ1n) is 6.20. The van der Waals surface area contributed by atoms with Crippen molar-refractivity contribution < 1.29 is 14.7 Å². The normalized spacial score (nSPS) is 18.7. The Labute approximate surface area is 112 Å². The van der Waals surface area contributed by atoms with Gasteiger partial charge in [-0.15, -0.1) is 0 Å². The van der Waals surface area contributed by atoms with Crippen molar-refractivity contribution in [3.05, 3.63) is 29.8 Å². The highest BCUT2D eigenvalue weighted by molar-refractivity contribution is 6.05. The van der Waals surface area contributed by atoms with E-state index in [0.717, 1.165) is 0 Å². The highest BCUT2D eigenvalue weighted by Crippen LogP contribution is 2.23. The average Bonchev–Trinajstić information content (AvgIpc) is 2.76. The van der Waals surface area contributed by atoms with Crippen LogP contribution in [0.2, 0.25) is 0 Å². The molecule has 0 radical (unpaired) electrons. The number of nitrogens with one attached hydrogen (secondary N) is 1. The number of rotatable bonds is 2. The summed E-state index contributed by atoms with van der Waals surface area (Å²) in [6.07, 6.45) is -0.270. The quantitative estimate of drug-likeness (QED) is 0.853. The molecule has 0 unspecified atom stereocenters. The van der Waals surface area contributed by atoms with E-state index in [1.807, 2.05) is 20.8 Å². The summed E-state index contributed by atoms with van der Waals surface area (Å²) in [5, 5.41) is 16.5. The number of hydrogen-bond acceptors (Lipinski definition) is 4. The first-order chi connectivity index (χ1) is 8.87. The molecule has 1 atom stereocenters. The molecule has 0 bridgehead atoms. The lowest BCUT2D eigenvalue weighted by Crippen LogP contribution is -2.45. The molecule has 0 saturated carbocycles. The Morgan fingerprint density at radius 2 is 2.11 bits per heavy atom. The van der Waals surface area contributed by atoms with Gasteiger partial charge in [-0.1, -0.05) is 17.3 Å². The Morgan fingerprint density at radius 3 is 2.74 bits per heavy atom. The summed E-state index contributed by atoms with van der Waals surface area (Å²) >= 11 is 0. The molecule has 19 heavy (non-hydrogen) atoms. The maximum Gasteiger partial charge on any atom is 0.264 e. The minimum atomic E-state index is -0.631. The second kappa shape index (κ2) is 4.91. The lowest BCUT2D eigenvalue weighted by Gasteiger charge is -2.22. The van der Waals surface area contributed by atoms with Gasteiger partial charge in [-0.3, -0.25) is 4.79 Å². The highest BCUT2D eigenvalue weighted by atomic mass is 16.6. The van der Waals surface area contributed by atoms with E-state index >= 15 is 0 Å². The molecular weight excluding hydrogens is 244 g/mol. The van der Waals surface area contributed by atoms with Crippen LogP contribution in [0.3, 0.4) is 0 Å². The third kappa shape index (κ3) is 3.24. The topological polar surface area (TPSA) is 70.9 Å². The molecule has 1 heterocycles. The summed E-state index contributed by atoms with van der Waals surface area (Å²) in [6.45, 7) is 5.72. The molecule has 5 nitrogen and oxygen atoms in total. The van der Waals surface area contributed by atoms with E-state index in [0.29, 0.717) is 17.7 Å². The van der Waals surface area contributed by atoms with Crippen LogP contribution in [0.15, 0.2) is 29.4 Å². The van der Waals surface area contributed by atoms with Gasteiger partial charge >= 0.3 is 0 Å².